The van der Waals surface area contributed by atoms with Crippen LogP contribution < -0.4 is 10.1 Å². The third-order valence-corrected chi connectivity index (χ3v) is 5.08. The Morgan fingerprint density at radius 1 is 1.44 bits per heavy atom. The van der Waals surface area contributed by atoms with Crippen molar-refractivity contribution in [1.82, 2.24) is 9.88 Å². The molecule has 1 aliphatic rings. The lowest BCUT2D eigenvalue weighted by Gasteiger charge is -2.20. The fraction of sp³-hybridized carbons (Fsp3) is 0.474. The SMILES string of the molecule is Cc1cnc(NC(=O)c2ccc3c(c2)OCCN(CCC(C)C)C3)s1. The number of carbonyl (C=O) groups is 1. The van der Waals surface area contributed by atoms with Gasteiger partial charge in [-0.1, -0.05) is 19.9 Å². The monoisotopic (exact) mass is 359 g/mol. The first-order valence-electron chi connectivity index (χ1n) is 8.73. The van der Waals surface area contributed by atoms with E-state index in [0.29, 0.717) is 23.2 Å². The quantitative estimate of drug-likeness (QED) is 0.878. The van der Waals surface area contributed by atoms with Crippen LogP contribution in [0.3, 0.4) is 0 Å². The molecule has 1 aromatic carbocycles. The van der Waals surface area contributed by atoms with Crippen molar-refractivity contribution in [3.8, 4) is 5.75 Å². The molecule has 0 saturated carbocycles. The summed E-state index contributed by atoms with van der Waals surface area (Å²) in [6, 6.07) is 5.71. The molecular formula is C19H25N3O2S. The number of ether oxygens (including phenoxy) is 1. The van der Waals surface area contributed by atoms with Crippen molar-refractivity contribution in [3.05, 3.63) is 40.4 Å². The molecule has 0 fully saturated rings. The second-order valence-electron chi connectivity index (χ2n) is 6.86. The van der Waals surface area contributed by atoms with Gasteiger partial charge in [-0.25, -0.2) is 4.98 Å². The van der Waals surface area contributed by atoms with E-state index in [1.165, 1.54) is 17.8 Å². The van der Waals surface area contributed by atoms with E-state index < -0.39 is 0 Å². The smallest absolute Gasteiger partial charge is 0.257 e. The number of thiazole rings is 1. The maximum atomic E-state index is 12.4. The molecule has 2 aromatic rings. The third kappa shape index (κ3) is 4.80. The van der Waals surface area contributed by atoms with Crippen molar-refractivity contribution in [1.29, 1.82) is 0 Å². The molecule has 0 atom stereocenters. The number of carbonyl (C=O) groups excluding carboxylic acids is 1. The van der Waals surface area contributed by atoms with E-state index in [9.17, 15) is 4.79 Å². The summed E-state index contributed by atoms with van der Waals surface area (Å²) in [6.45, 7) is 9.98. The van der Waals surface area contributed by atoms with Gasteiger partial charge in [-0.2, -0.15) is 0 Å². The predicted molar refractivity (Wildman–Crippen MR) is 101 cm³/mol. The number of benzene rings is 1. The van der Waals surface area contributed by atoms with Crippen LogP contribution in [0.5, 0.6) is 5.75 Å². The Morgan fingerprint density at radius 2 is 2.28 bits per heavy atom. The van der Waals surface area contributed by atoms with Gasteiger partial charge in [0, 0.05) is 35.3 Å². The van der Waals surface area contributed by atoms with Crippen LogP contribution >= 0.6 is 11.3 Å². The molecule has 0 bridgehead atoms. The van der Waals surface area contributed by atoms with Gasteiger partial charge in [0.2, 0.25) is 0 Å². The molecule has 0 saturated heterocycles. The number of amides is 1. The topological polar surface area (TPSA) is 54.5 Å². The fourth-order valence-electron chi connectivity index (χ4n) is 2.78. The maximum Gasteiger partial charge on any atom is 0.257 e. The molecule has 134 valence electrons. The van der Waals surface area contributed by atoms with Crippen LogP contribution in [0.2, 0.25) is 0 Å². The molecule has 1 N–H and O–H groups in total. The van der Waals surface area contributed by atoms with E-state index in [1.807, 2.05) is 25.1 Å². The van der Waals surface area contributed by atoms with Gasteiger partial charge >= 0.3 is 0 Å². The number of hydrogen-bond donors (Lipinski definition) is 1. The number of nitrogens with zero attached hydrogens (tertiary/aromatic N) is 2. The Bertz CT molecular complexity index is 742. The van der Waals surface area contributed by atoms with Crippen molar-refractivity contribution < 1.29 is 9.53 Å². The lowest BCUT2D eigenvalue weighted by Crippen LogP contribution is -2.27. The largest absolute Gasteiger partial charge is 0.492 e. The van der Waals surface area contributed by atoms with Crippen LogP contribution in [0, 0.1) is 12.8 Å². The first kappa shape index (κ1) is 17.9. The van der Waals surface area contributed by atoms with Crippen LogP contribution in [0.15, 0.2) is 24.4 Å². The highest BCUT2D eigenvalue weighted by atomic mass is 32.1. The minimum Gasteiger partial charge on any atom is -0.492 e. The minimum absolute atomic E-state index is 0.151. The molecule has 0 unspecified atom stereocenters. The Morgan fingerprint density at radius 3 is 3.00 bits per heavy atom. The van der Waals surface area contributed by atoms with E-state index in [-0.39, 0.29) is 5.91 Å². The van der Waals surface area contributed by atoms with E-state index >= 15 is 0 Å². The van der Waals surface area contributed by atoms with Gasteiger partial charge < -0.3 is 4.74 Å². The fourth-order valence-corrected chi connectivity index (χ4v) is 3.44. The summed E-state index contributed by atoms with van der Waals surface area (Å²) in [5.74, 6) is 1.36. The molecule has 1 aliphatic heterocycles. The normalized spacial score (nSPS) is 14.7. The first-order valence-corrected chi connectivity index (χ1v) is 9.55. The Balaban J connectivity index is 1.69. The van der Waals surface area contributed by atoms with Gasteiger partial charge in [-0.05, 0) is 37.9 Å². The van der Waals surface area contributed by atoms with Gasteiger partial charge in [0.1, 0.15) is 12.4 Å². The zero-order valence-corrected chi connectivity index (χ0v) is 15.9. The summed E-state index contributed by atoms with van der Waals surface area (Å²) in [6.07, 6.45) is 2.94. The average Bonchev–Trinajstić information content (AvgIpc) is 2.87. The number of nitrogens with one attached hydrogen (secondary N) is 1. The van der Waals surface area contributed by atoms with Crippen molar-refractivity contribution in [3.63, 3.8) is 0 Å². The zero-order chi connectivity index (χ0) is 17.8. The van der Waals surface area contributed by atoms with Crippen LogP contribution in [-0.2, 0) is 6.54 Å². The maximum absolute atomic E-state index is 12.4. The van der Waals surface area contributed by atoms with Gasteiger partial charge in [-0.15, -0.1) is 11.3 Å². The summed E-state index contributed by atoms with van der Waals surface area (Å²) >= 11 is 1.47. The third-order valence-electron chi connectivity index (χ3n) is 4.25. The first-order chi connectivity index (χ1) is 12.0. The summed E-state index contributed by atoms with van der Waals surface area (Å²) in [7, 11) is 0. The molecule has 0 aliphatic carbocycles. The number of aryl methyl sites for hydroxylation is 1. The number of fused-ring (bicyclic) bond motifs is 1. The second kappa shape index (κ2) is 7.97. The summed E-state index contributed by atoms with van der Waals surface area (Å²) in [5.41, 5.74) is 1.74. The molecule has 3 rings (SSSR count). The Labute approximate surface area is 153 Å². The van der Waals surface area contributed by atoms with Gasteiger partial charge in [-0.3, -0.25) is 15.0 Å². The molecule has 25 heavy (non-hydrogen) atoms. The Kier molecular flexibility index (Phi) is 5.71. The summed E-state index contributed by atoms with van der Waals surface area (Å²) < 4.78 is 5.90. The lowest BCUT2D eigenvalue weighted by atomic mass is 10.1. The highest BCUT2D eigenvalue weighted by Gasteiger charge is 2.18. The highest BCUT2D eigenvalue weighted by Crippen LogP contribution is 2.26. The van der Waals surface area contributed by atoms with Crippen LogP contribution in [-0.4, -0.2) is 35.5 Å². The van der Waals surface area contributed by atoms with E-state index in [0.717, 1.165) is 35.8 Å². The van der Waals surface area contributed by atoms with Crippen LogP contribution in [0.4, 0.5) is 5.13 Å². The summed E-state index contributed by atoms with van der Waals surface area (Å²) in [4.78, 5) is 20.1. The van der Waals surface area contributed by atoms with E-state index in [2.05, 4.69) is 29.0 Å². The molecule has 6 heteroatoms. The molecule has 1 amide bonds. The van der Waals surface area contributed by atoms with Gasteiger partial charge in [0.15, 0.2) is 5.13 Å². The van der Waals surface area contributed by atoms with E-state index in [1.54, 1.807) is 6.20 Å². The van der Waals surface area contributed by atoms with Gasteiger partial charge in [0.05, 0.1) is 0 Å². The van der Waals surface area contributed by atoms with Crippen molar-refractivity contribution >= 4 is 22.4 Å². The van der Waals surface area contributed by atoms with E-state index in [4.69, 9.17) is 4.74 Å². The van der Waals surface area contributed by atoms with Crippen LogP contribution in [0.25, 0.3) is 0 Å². The van der Waals surface area contributed by atoms with Gasteiger partial charge in [0.25, 0.3) is 5.91 Å². The molecule has 1 aromatic heterocycles. The zero-order valence-electron chi connectivity index (χ0n) is 15.0. The van der Waals surface area contributed by atoms with Crippen molar-refractivity contribution in [2.24, 2.45) is 5.92 Å². The summed E-state index contributed by atoms with van der Waals surface area (Å²) in [5, 5.41) is 3.47. The van der Waals surface area contributed by atoms with Crippen LogP contribution in [0.1, 0.15) is 41.1 Å². The number of aromatic nitrogens is 1. The molecule has 5 nitrogen and oxygen atoms in total. The lowest BCUT2D eigenvalue weighted by molar-refractivity contribution is 0.102. The second-order valence-corrected chi connectivity index (χ2v) is 8.09. The number of rotatable bonds is 5. The molecular weight excluding hydrogens is 334 g/mol. The standard InChI is InChI=1S/C19H25N3O2S/c1-13(2)6-7-22-8-9-24-17-10-15(4-5-16(17)12-22)18(23)21-19-20-11-14(3)25-19/h4-5,10-11,13H,6-9,12H2,1-3H3,(H,20,21,23). The van der Waals surface area contributed by atoms with Crippen molar-refractivity contribution in [2.75, 3.05) is 25.0 Å². The minimum atomic E-state index is -0.151. The predicted octanol–water partition coefficient (Wildman–Crippen LogP) is 3.94. The average molecular weight is 359 g/mol. The van der Waals surface area contributed by atoms with Crippen molar-refractivity contribution in [2.45, 2.75) is 33.7 Å². The molecule has 2 heterocycles. The molecule has 0 spiro atoms. The highest BCUT2D eigenvalue weighted by molar-refractivity contribution is 7.15. The number of anilines is 1. The Hall–Kier alpha value is -1.92. The number of hydrogen-bond acceptors (Lipinski definition) is 5. The molecule has 0 radical (unpaired) electrons.